The highest BCUT2D eigenvalue weighted by molar-refractivity contribution is 7.91. The monoisotopic (exact) mass is 436 g/mol. The van der Waals surface area contributed by atoms with Crippen molar-refractivity contribution in [3.8, 4) is 5.75 Å². The highest BCUT2D eigenvalue weighted by atomic mass is 35.5. The van der Waals surface area contributed by atoms with E-state index in [4.69, 9.17) is 16.3 Å². The summed E-state index contributed by atoms with van der Waals surface area (Å²) in [6.45, 7) is 0. The Labute approximate surface area is 172 Å². The number of hydrogen-bond acceptors (Lipinski definition) is 6. The van der Waals surface area contributed by atoms with Crippen molar-refractivity contribution in [2.45, 2.75) is 10.9 Å². The summed E-state index contributed by atoms with van der Waals surface area (Å²) in [5.41, 5.74) is 0.317. The minimum atomic E-state index is -3.93. The summed E-state index contributed by atoms with van der Waals surface area (Å²) in [5, 5.41) is 14.7. The number of rotatable bonds is 5. The van der Waals surface area contributed by atoms with E-state index in [1.54, 1.807) is 0 Å². The van der Waals surface area contributed by atoms with E-state index in [0.29, 0.717) is 5.56 Å². The van der Waals surface area contributed by atoms with Crippen LogP contribution in [0, 0.1) is 0 Å². The number of carbonyl (C=O) groups excluding carboxylic acids is 2. The highest BCUT2D eigenvalue weighted by Crippen LogP contribution is 2.30. The van der Waals surface area contributed by atoms with Crippen molar-refractivity contribution < 1.29 is 27.9 Å². The Hall–Kier alpha value is -3.04. The summed E-state index contributed by atoms with van der Waals surface area (Å²) >= 11 is 5.88. The van der Waals surface area contributed by atoms with Crippen molar-refractivity contribution in [1.29, 1.82) is 0 Å². The molecule has 0 spiro atoms. The lowest BCUT2D eigenvalue weighted by Gasteiger charge is -2.29. The minimum absolute atomic E-state index is 0.00126. The second kappa shape index (κ2) is 8.14. The van der Waals surface area contributed by atoms with E-state index in [-0.39, 0.29) is 26.9 Å². The maximum Gasteiger partial charge on any atom is 0.338 e. The third-order valence-corrected chi connectivity index (χ3v) is 6.15. The molecule has 3 rings (SSSR count). The van der Waals surface area contributed by atoms with Gasteiger partial charge in [0.15, 0.2) is 9.84 Å². The number of benzene rings is 2. The number of phenols is 1. The molecule has 0 aromatic heterocycles. The Kier molecular flexibility index (Phi) is 5.81. The summed E-state index contributed by atoms with van der Waals surface area (Å²) in [4.78, 5) is 24.6. The van der Waals surface area contributed by atoms with Crippen LogP contribution in [0.1, 0.15) is 11.6 Å². The smallest absolute Gasteiger partial charge is 0.338 e. The van der Waals surface area contributed by atoms with Crippen LogP contribution >= 0.6 is 11.6 Å². The standard InChI is InChI=1S/C19H17ClN2O6S/c1-28-18(24)16-15(10-29(26,27)14-4-2-3-12(20)9-14)21-19(25)22-17(16)11-5-7-13(23)8-6-11/h2-9,17,23H,10H2,1H3,(H2,21,22,25). The number of hydrogen-bond donors (Lipinski definition) is 3. The quantitative estimate of drug-likeness (QED) is 0.618. The second-order valence-electron chi connectivity index (χ2n) is 6.22. The van der Waals surface area contributed by atoms with Gasteiger partial charge in [0.1, 0.15) is 5.75 Å². The first-order valence-corrected chi connectivity index (χ1v) is 10.4. The van der Waals surface area contributed by atoms with E-state index in [1.165, 1.54) is 48.5 Å². The van der Waals surface area contributed by atoms with Crippen LogP contribution in [0.5, 0.6) is 5.75 Å². The first-order valence-electron chi connectivity index (χ1n) is 8.37. The van der Waals surface area contributed by atoms with Gasteiger partial charge in [-0.05, 0) is 35.9 Å². The lowest BCUT2D eigenvalue weighted by Crippen LogP contribution is -2.47. The number of ether oxygens (including phenoxy) is 1. The van der Waals surface area contributed by atoms with Crippen molar-refractivity contribution in [2.75, 3.05) is 12.9 Å². The molecule has 0 aliphatic carbocycles. The summed E-state index contributed by atoms with van der Waals surface area (Å²) in [6.07, 6.45) is 0. The molecule has 10 heteroatoms. The number of esters is 1. The zero-order chi connectivity index (χ0) is 21.2. The summed E-state index contributed by atoms with van der Waals surface area (Å²) in [5.74, 6) is -1.44. The molecule has 1 aliphatic rings. The van der Waals surface area contributed by atoms with E-state index in [9.17, 15) is 23.1 Å². The van der Waals surface area contributed by atoms with Crippen molar-refractivity contribution >= 4 is 33.4 Å². The number of nitrogens with one attached hydrogen (secondary N) is 2. The third kappa shape index (κ3) is 4.52. The molecule has 1 atom stereocenters. The molecule has 8 nitrogen and oxygen atoms in total. The Morgan fingerprint density at radius 1 is 1.21 bits per heavy atom. The number of amides is 2. The molecule has 0 bridgehead atoms. The normalized spacial score (nSPS) is 16.8. The maximum absolute atomic E-state index is 12.9. The van der Waals surface area contributed by atoms with E-state index in [1.807, 2.05) is 0 Å². The molecule has 0 fully saturated rings. The van der Waals surface area contributed by atoms with Gasteiger partial charge in [0, 0.05) is 10.7 Å². The zero-order valence-corrected chi connectivity index (χ0v) is 16.8. The third-order valence-electron chi connectivity index (χ3n) is 4.27. The summed E-state index contributed by atoms with van der Waals surface area (Å²) in [6, 6.07) is 9.86. The lowest BCUT2D eigenvalue weighted by atomic mass is 9.95. The van der Waals surface area contributed by atoms with Gasteiger partial charge in [-0.1, -0.05) is 29.8 Å². The Bertz CT molecular complexity index is 1100. The highest BCUT2D eigenvalue weighted by Gasteiger charge is 2.35. The number of halogens is 1. The first-order chi connectivity index (χ1) is 13.7. The molecular formula is C19H17ClN2O6S. The average molecular weight is 437 g/mol. The van der Waals surface area contributed by atoms with Gasteiger partial charge in [-0.3, -0.25) is 0 Å². The number of sulfone groups is 1. The van der Waals surface area contributed by atoms with Crippen molar-refractivity contribution in [2.24, 2.45) is 0 Å². The second-order valence-corrected chi connectivity index (χ2v) is 8.65. The summed E-state index contributed by atoms with van der Waals surface area (Å²) in [7, 11) is -2.77. The van der Waals surface area contributed by atoms with Gasteiger partial charge >= 0.3 is 12.0 Å². The van der Waals surface area contributed by atoms with Crippen LogP contribution in [0.15, 0.2) is 64.7 Å². The molecule has 0 saturated heterocycles. The van der Waals surface area contributed by atoms with Gasteiger partial charge in [0.25, 0.3) is 0 Å². The number of urea groups is 1. The van der Waals surface area contributed by atoms with Crippen LogP contribution in [0.25, 0.3) is 0 Å². The number of aromatic hydroxyl groups is 1. The fourth-order valence-electron chi connectivity index (χ4n) is 2.93. The van der Waals surface area contributed by atoms with Gasteiger partial charge in [-0.25, -0.2) is 18.0 Å². The average Bonchev–Trinajstić information content (AvgIpc) is 2.67. The Morgan fingerprint density at radius 3 is 2.52 bits per heavy atom. The molecule has 2 amide bonds. The van der Waals surface area contributed by atoms with Gasteiger partial charge in [0.2, 0.25) is 0 Å². The number of carbonyl (C=O) groups is 2. The number of phenolic OH excluding ortho intramolecular Hbond substituents is 1. The van der Waals surface area contributed by atoms with Gasteiger partial charge in [-0.2, -0.15) is 0 Å². The zero-order valence-electron chi connectivity index (χ0n) is 15.2. The molecule has 2 aromatic rings. The molecular weight excluding hydrogens is 420 g/mol. The van der Waals surface area contributed by atoms with E-state index in [2.05, 4.69) is 10.6 Å². The largest absolute Gasteiger partial charge is 0.508 e. The molecule has 1 heterocycles. The van der Waals surface area contributed by atoms with E-state index >= 15 is 0 Å². The molecule has 1 aliphatic heterocycles. The van der Waals surface area contributed by atoms with Crippen LogP contribution in [0.4, 0.5) is 4.79 Å². The molecule has 0 radical (unpaired) electrons. The van der Waals surface area contributed by atoms with Gasteiger partial charge < -0.3 is 20.5 Å². The molecule has 1 unspecified atom stereocenters. The van der Waals surface area contributed by atoms with Gasteiger partial charge in [-0.15, -0.1) is 0 Å². The predicted molar refractivity (Wildman–Crippen MR) is 105 cm³/mol. The fourth-order valence-corrected chi connectivity index (χ4v) is 4.56. The van der Waals surface area contributed by atoms with Crippen LogP contribution < -0.4 is 10.6 Å². The lowest BCUT2D eigenvalue weighted by molar-refractivity contribution is -0.136. The van der Waals surface area contributed by atoms with Crippen molar-refractivity contribution in [1.82, 2.24) is 10.6 Å². The minimum Gasteiger partial charge on any atom is -0.508 e. The first kappa shape index (κ1) is 20.7. The Morgan fingerprint density at radius 2 is 1.90 bits per heavy atom. The molecule has 29 heavy (non-hydrogen) atoms. The van der Waals surface area contributed by atoms with Crippen molar-refractivity contribution in [3.05, 3.63) is 70.4 Å². The van der Waals surface area contributed by atoms with E-state index < -0.39 is 33.6 Å². The molecule has 152 valence electrons. The van der Waals surface area contributed by atoms with Crippen LogP contribution in [0.2, 0.25) is 5.02 Å². The Balaban J connectivity index is 2.09. The summed E-state index contributed by atoms with van der Waals surface area (Å²) < 4.78 is 30.5. The molecule has 0 saturated carbocycles. The van der Waals surface area contributed by atoms with E-state index in [0.717, 1.165) is 7.11 Å². The molecule has 3 N–H and O–H groups in total. The van der Waals surface area contributed by atoms with Crippen molar-refractivity contribution in [3.63, 3.8) is 0 Å². The fraction of sp³-hybridized carbons (Fsp3) is 0.158. The van der Waals surface area contributed by atoms with Crippen LogP contribution in [0.3, 0.4) is 0 Å². The predicted octanol–water partition coefficient (Wildman–Crippen LogP) is 2.30. The SMILES string of the molecule is COC(=O)C1=C(CS(=O)(=O)c2cccc(Cl)c2)NC(=O)NC1c1ccc(O)cc1. The van der Waals surface area contributed by atoms with Crippen LogP contribution in [-0.2, 0) is 19.4 Å². The van der Waals surface area contributed by atoms with Crippen LogP contribution in [-0.4, -0.2) is 38.4 Å². The van der Waals surface area contributed by atoms with Gasteiger partial charge in [0.05, 0.1) is 29.4 Å². The number of methoxy groups -OCH3 is 1. The topological polar surface area (TPSA) is 122 Å². The maximum atomic E-state index is 12.9. The molecule has 2 aromatic carbocycles.